The summed E-state index contributed by atoms with van der Waals surface area (Å²) in [5, 5.41) is 10.4. The number of nitrogens with zero attached hydrogens (tertiary/aromatic N) is 2. The van der Waals surface area contributed by atoms with Crippen molar-refractivity contribution < 1.29 is 57.0 Å². The number of benzene rings is 2. The first-order chi connectivity index (χ1) is 10.3. The summed E-state index contributed by atoms with van der Waals surface area (Å²) in [6.45, 7) is -0.651. The molecule has 0 bridgehead atoms. The van der Waals surface area contributed by atoms with Crippen LogP contribution >= 0.6 is 0 Å². The van der Waals surface area contributed by atoms with Crippen LogP contribution < -0.4 is 38.6 Å². The summed E-state index contributed by atoms with van der Waals surface area (Å²) in [4.78, 5) is 11.2. The molecule has 116 valence electrons. The van der Waals surface area contributed by atoms with Crippen molar-refractivity contribution in [1.29, 1.82) is 0 Å². The fraction of sp³-hybridized carbons (Fsp3) is 0.154. The fourth-order valence-corrected chi connectivity index (χ4v) is 3.37. The van der Waals surface area contributed by atoms with E-state index in [9.17, 15) is 22.7 Å². The van der Waals surface area contributed by atoms with E-state index < -0.39 is 39.9 Å². The van der Waals surface area contributed by atoms with E-state index in [0.29, 0.717) is 15.4 Å². The molecule has 7 nitrogen and oxygen atoms in total. The van der Waals surface area contributed by atoms with Gasteiger partial charge in [-0.05, 0) is 23.6 Å². The molecule has 1 aliphatic rings. The van der Waals surface area contributed by atoms with Gasteiger partial charge in [-0.3, -0.25) is 4.31 Å². The third-order valence-electron chi connectivity index (χ3n) is 3.26. The van der Waals surface area contributed by atoms with Gasteiger partial charge in [0.2, 0.25) is 0 Å². The minimum absolute atomic E-state index is 0. The van der Waals surface area contributed by atoms with Crippen LogP contribution in [0.4, 0.5) is 10.1 Å². The SMILES string of the molecule is COc1ccc2cc(O)c(N3CC(=O)[N-]S3(=O)=O)c(F)c2c1.[Na+]. The summed E-state index contributed by atoms with van der Waals surface area (Å²) >= 11 is 0. The number of aromatic hydroxyl groups is 1. The van der Waals surface area contributed by atoms with Crippen LogP contribution in [0.1, 0.15) is 0 Å². The minimum Gasteiger partial charge on any atom is -0.526 e. The average molecular weight is 348 g/mol. The summed E-state index contributed by atoms with van der Waals surface area (Å²) in [5.74, 6) is -2.12. The Balaban J connectivity index is 0.00000192. The standard InChI is InChI=1S/C13H11FN2O5S.Na/c1-21-8-3-2-7-4-10(17)13(12(14)9(7)5-8)16-6-11(18)15-22(16,19)20;/h2-5H,6H2,1H3,(H2,15,17,18);/q;+1/p-1. The number of phenolic OH excluding ortho intramolecular Hbond substituents is 1. The molecule has 1 saturated heterocycles. The third kappa shape index (κ3) is 2.97. The summed E-state index contributed by atoms with van der Waals surface area (Å²) in [6, 6.07) is 5.68. The van der Waals surface area contributed by atoms with Crippen molar-refractivity contribution in [3.8, 4) is 11.5 Å². The second kappa shape index (κ2) is 6.16. The van der Waals surface area contributed by atoms with Gasteiger partial charge < -0.3 is 19.4 Å². The summed E-state index contributed by atoms with van der Waals surface area (Å²) in [6.07, 6.45) is 0. The summed E-state index contributed by atoms with van der Waals surface area (Å²) in [7, 11) is -2.94. The number of anilines is 1. The topological polar surface area (TPSA) is 98.0 Å². The molecule has 1 fully saturated rings. The molecule has 2 aromatic carbocycles. The second-order valence-electron chi connectivity index (χ2n) is 4.61. The molecule has 3 rings (SSSR count). The Kier molecular flexibility index (Phi) is 4.76. The molecule has 0 radical (unpaired) electrons. The smallest absolute Gasteiger partial charge is 0.526 e. The molecular formula is C13H10FN2NaO5S. The number of phenols is 1. The number of fused-ring (bicyclic) bond motifs is 1. The van der Waals surface area contributed by atoms with Gasteiger partial charge in [0.05, 0.1) is 19.6 Å². The third-order valence-corrected chi connectivity index (χ3v) is 4.57. The molecule has 10 heteroatoms. The number of hydrogen-bond donors (Lipinski definition) is 1. The zero-order valence-electron chi connectivity index (χ0n) is 12.3. The molecule has 1 N–H and O–H groups in total. The van der Waals surface area contributed by atoms with Gasteiger partial charge in [-0.25, -0.2) is 12.8 Å². The van der Waals surface area contributed by atoms with Gasteiger partial charge in [0.25, 0.3) is 0 Å². The van der Waals surface area contributed by atoms with Crippen molar-refractivity contribution in [3.05, 3.63) is 34.8 Å². The van der Waals surface area contributed by atoms with Gasteiger partial charge in [-0.15, -0.1) is 0 Å². The van der Waals surface area contributed by atoms with Crippen molar-refractivity contribution in [2.45, 2.75) is 0 Å². The first-order valence-corrected chi connectivity index (χ1v) is 7.51. The van der Waals surface area contributed by atoms with Crippen LogP contribution in [0.5, 0.6) is 11.5 Å². The van der Waals surface area contributed by atoms with Crippen LogP contribution in [0.3, 0.4) is 0 Å². The van der Waals surface area contributed by atoms with Crippen molar-refractivity contribution in [2.75, 3.05) is 18.0 Å². The molecule has 0 unspecified atom stereocenters. The number of hydrogen-bond acceptors (Lipinski definition) is 5. The molecule has 2 aromatic rings. The van der Waals surface area contributed by atoms with E-state index in [1.165, 1.54) is 25.3 Å². The van der Waals surface area contributed by atoms with Crippen LogP contribution in [0, 0.1) is 5.82 Å². The first-order valence-electron chi connectivity index (χ1n) is 6.11. The maximum Gasteiger partial charge on any atom is 1.00 e. The Labute approximate surface area is 153 Å². The molecule has 23 heavy (non-hydrogen) atoms. The molecule has 1 heterocycles. The molecule has 0 aliphatic carbocycles. The zero-order chi connectivity index (χ0) is 16.1. The van der Waals surface area contributed by atoms with Crippen LogP contribution in [0.15, 0.2) is 24.3 Å². The van der Waals surface area contributed by atoms with Crippen LogP contribution in [0.25, 0.3) is 15.5 Å². The number of methoxy groups -OCH3 is 1. The van der Waals surface area contributed by atoms with Crippen molar-refractivity contribution in [3.63, 3.8) is 0 Å². The minimum atomic E-state index is -4.34. The molecule has 1 amide bonds. The monoisotopic (exact) mass is 348 g/mol. The Morgan fingerprint density at radius 3 is 2.61 bits per heavy atom. The number of rotatable bonds is 2. The Hall–Kier alpha value is -1.55. The normalized spacial score (nSPS) is 16.1. The predicted molar refractivity (Wildman–Crippen MR) is 76.8 cm³/mol. The first kappa shape index (κ1) is 17.8. The molecule has 0 aromatic heterocycles. The van der Waals surface area contributed by atoms with Crippen LogP contribution in [-0.2, 0) is 15.0 Å². The molecule has 0 atom stereocenters. The van der Waals surface area contributed by atoms with E-state index in [-0.39, 0.29) is 34.9 Å². The fourth-order valence-electron chi connectivity index (χ4n) is 2.28. The van der Waals surface area contributed by atoms with Gasteiger partial charge in [-0.2, -0.15) is 0 Å². The number of ether oxygens (including phenoxy) is 1. The number of halogens is 1. The molecule has 0 spiro atoms. The van der Waals surface area contributed by atoms with Crippen molar-refractivity contribution >= 4 is 32.6 Å². The number of carbonyl (C=O) groups is 1. The molecule has 0 saturated carbocycles. The van der Waals surface area contributed by atoms with Gasteiger partial charge in [0, 0.05) is 5.39 Å². The zero-order valence-corrected chi connectivity index (χ0v) is 15.1. The van der Waals surface area contributed by atoms with Crippen LogP contribution in [0.2, 0.25) is 0 Å². The van der Waals surface area contributed by atoms with E-state index in [1.54, 1.807) is 6.07 Å². The number of carbonyl (C=O) groups excluding carboxylic acids is 1. The Bertz CT molecular complexity index is 903. The van der Waals surface area contributed by atoms with E-state index >= 15 is 0 Å². The Morgan fingerprint density at radius 2 is 2.04 bits per heavy atom. The average Bonchev–Trinajstić information content (AvgIpc) is 2.71. The van der Waals surface area contributed by atoms with Crippen molar-refractivity contribution in [1.82, 2.24) is 0 Å². The quantitative estimate of drug-likeness (QED) is 0.678. The van der Waals surface area contributed by atoms with Gasteiger partial charge in [0.15, 0.2) is 16.0 Å². The van der Waals surface area contributed by atoms with E-state index in [4.69, 9.17) is 4.74 Å². The largest absolute Gasteiger partial charge is 1.00 e. The maximum atomic E-state index is 14.7. The molecule has 1 aliphatic heterocycles. The van der Waals surface area contributed by atoms with E-state index in [1.807, 2.05) is 0 Å². The van der Waals surface area contributed by atoms with Crippen LogP contribution in [-0.4, -0.2) is 33.1 Å². The van der Waals surface area contributed by atoms with E-state index in [0.717, 1.165) is 0 Å². The van der Waals surface area contributed by atoms with E-state index in [2.05, 4.69) is 4.72 Å². The Morgan fingerprint density at radius 1 is 1.35 bits per heavy atom. The predicted octanol–water partition coefficient (Wildman–Crippen LogP) is -1.34. The maximum absolute atomic E-state index is 14.7. The molecular weight excluding hydrogens is 338 g/mol. The van der Waals surface area contributed by atoms with Gasteiger partial charge in [0.1, 0.15) is 17.2 Å². The van der Waals surface area contributed by atoms with Gasteiger partial charge >= 0.3 is 29.6 Å². The van der Waals surface area contributed by atoms with Gasteiger partial charge in [-0.1, -0.05) is 6.07 Å². The summed E-state index contributed by atoms with van der Waals surface area (Å²) in [5.41, 5.74) is -0.602. The summed E-state index contributed by atoms with van der Waals surface area (Å²) < 4.78 is 46.6. The van der Waals surface area contributed by atoms with Crippen molar-refractivity contribution in [2.24, 2.45) is 0 Å². The second-order valence-corrected chi connectivity index (χ2v) is 6.13. The number of amides is 1.